The summed E-state index contributed by atoms with van der Waals surface area (Å²) in [5.41, 5.74) is -1.91. The molecule has 1 aliphatic carbocycles. The number of carboxylic acids is 1. The van der Waals surface area contributed by atoms with Crippen molar-refractivity contribution in [2.75, 3.05) is 6.61 Å². The van der Waals surface area contributed by atoms with Crippen LogP contribution in [-0.2, 0) is 23.8 Å². The molecule has 3 fully saturated rings. The molecule has 2 aliphatic heterocycles. The highest BCUT2D eigenvalue weighted by Crippen LogP contribution is 2.49. The van der Waals surface area contributed by atoms with Gasteiger partial charge >= 0.3 is 11.9 Å². The van der Waals surface area contributed by atoms with Crippen LogP contribution in [0.15, 0.2) is 30.3 Å². The number of carbonyl (C=O) groups excluding carboxylic acids is 2. The lowest BCUT2D eigenvalue weighted by Crippen LogP contribution is -2.61. The number of fused-ring (bicyclic) bond motifs is 1. The minimum atomic E-state index is -2.26. The van der Waals surface area contributed by atoms with Crippen LogP contribution in [0, 0.1) is 11.8 Å². The van der Waals surface area contributed by atoms with E-state index in [1.165, 1.54) is 0 Å². The van der Waals surface area contributed by atoms with E-state index in [0.717, 1.165) is 0 Å². The molecule has 30 heavy (non-hydrogen) atoms. The normalized spacial score (nSPS) is 40.8. The molecule has 7 atom stereocenters. The lowest BCUT2D eigenvalue weighted by Gasteiger charge is -2.39. The number of benzene rings is 1. The lowest BCUT2D eigenvalue weighted by molar-refractivity contribution is -0.266. The summed E-state index contributed by atoms with van der Waals surface area (Å²) in [7, 11) is 0. The van der Waals surface area contributed by atoms with Crippen molar-refractivity contribution in [2.45, 2.75) is 55.9 Å². The zero-order valence-electron chi connectivity index (χ0n) is 16.4. The van der Waals surface area contributed by atoms with Gasteiger partial charge in [0.05, 0.1) is 24.2 Å². The number of carbonyl (C=O) groups is 3. The SMILES string of the molecule is C[C@@H]1CO[C@@]2(C[C@@H]1OC(=O)c1ccccc1)O[C@@H]1C[C@@H](C(=O)O)C[C@@H](O)[C@]1(O)C2=O. The number of aliphatic hydroxyl groups is 2. The number of hydrogen-bond donors (Lipinski definition) is 3. The van der Waals surface area contributed by atoms with Crippen LogP contribution in [0.2, 0.25) is 0 Å². The zero-order valence-corrected chi connectivity index (χ0v) is 16.4. The zero-order chi connectivity index (χ0) is 21.7. The molecule has 3 aliphatic rings. The van der Waals surface area contributed by atoms with Gasteiger partial charge in [-0.2, -0.15) is 0 Å². The first-order valence-corrected chi connectivity index (χ1v) is 9.93. The largest absolute Gasteiger partial charge is 0.481 e. The summed E-state index contributed by atoms with van der Waals surface area (Å²) in [6.07, 6.45) is -4.12. The van der Waals surface area contributed by atoms with Crippen molar-refractivity contribution >= 4 is 17.7 Å². The molecule has 162 valence electrons. The molecule has 0 bridgehead atoms. The Balaban J connectivity index is 1.56. The Bertz CT molecular complexity index is 855. The first kappa shape index (κ1) is 20.9. The molecule has 1 spiro atoms. The van der Waals surface area contributed by atoms with Crippen LogP contribution >= 0.6 is 0 Å². The average molecular weight is 420 g/mol. The van der Waals surface area contributed by atoms with E-state index in [0.29, 0.717) is 5.56 Å². The second-order valence-corrected chi connectivity index (χ2v) is 8.34. The van der Waals surface area contributed by atoms with Gasteiger partial charge in [0.25, 0.3) is 0 Å². The standard InChI is InChI=1S/C21H24O9/c1-11-10-28-20(9-14(11)29-18(25)12-5-3-2-4-6-12)19(26)21(27)15(22)7-13(17(23)24)8-16(21)30-20/h2-6,11,13-16,22,27H,7-10H2,1H3,(H,23,24)/t11-,13+,14+,15-,16-,20+,21-/m1/s1. The Kier molecular flexibility index (Phi) is 5.17. The summed E-state index contributed by atoms with van der Waals surface area (Å²) in [5, 5.41) is 30.7. The number of esters is 1. The van der Waals surface area contributed by atoms with E-state index in [-0.39, 0.29) is 31.8 Å². The van der Waals surface area contributed by atoms with Gasteiger partial charge in [-0.25, -0.2) is 4.79 Å². The second kappa shape index (κ2) is 7.42. The summed E-state index contributed by atoms with van der Waals surface area (Å²) in [5.74, 6) is -5.65. The van der Waals surface area contributed by atoms with Crippen LogP contribution in [0.25, 0.3) is 0 Å². The molecule has 1 aromatic carbocycles. The smallest absolute Gasteiger partial charge is 0.338 e. The fraction of sp³-hybridized carbons (Fsp3) is 0.571. The molecule has 1 aromatic rings. The number of aliphatic hydroxyl groups excluding tert-OH is 1. The maximum absolute atomic E-state index is 13.2. The molecule has 2 saturated heterocycles. The third-order valence-electron chi connectivity index (χ3n) is 6.35. The van der Waals surface area contributed by atoms with Gasteiger partial charge in [0.1, 0.15) is 12.2 Å². The van der Waals surface area contributed by atoms with Crippen LogP contribution in [0.3, 0.4) is 0 Å². The van der Waals surface area contributed by atoms with Crippen LogP contribution in [0.5, 0.6) is 0 Å². The second-order valence-electron chi connectivity index (χ2n) is 8.34. The minimum absolute atomic E-state index is 0.0275. The molecule has 0 radical (unpaired) electrons. The Labute approximate surface area is 172 Å². The van der Waals surface area contributed by atoms with Gasteiger partial charge in [-0.1, -0.05) is 25.1 Å². The number of carboxylic acid groups (broad SMARTS) is 1. The summed E-state index contributed by atoms with van der Waals surface area (Å²) in [6.45, 7) is 1.83. The Morgan fingerprint density at radius 2 is 1.90 bits per heavy atom. The number of aliphatic carboxylic acids is 1. The third-order valence-corrected chi connectivity index (χ3v) is 6.35. The fourth-order valence-electron chi connectivity index (χ4n) is 4.50. The van der Waals surface area contributed by atoms with Crippen LogP contribution in [-0.4, -0.2) is 69.3 Å². The molecule has 4 rings (SSSR count). The molecule has 3 N–H and O–H groups in total. The molecule has 1 saturated carbocycles. The monoisotopic (exact) mass is 420 g/mol. The maximum atomic E-state index is 13.2. The fourth-order valence-corrected chi connectivity index (χ4v) is 4.50. The van der Waals surface area contributed by atoms with Crippen LogP contribution in [0.4, 0.5) is 0 Å². The highest BCUT2D eigenvalue weighted by molar-refractivity contribution is 5.97. The van der Waals surface area contributed by atoms with Crippen molar-refractivity contribution in [3.05, 3.63) is 35.9 Å². The first-order valence-electron chi connectivity index (χ1n) is 9.93. The van der Waals surface area contributed by atoms with Gasteiger partial charge in [-0.3, -0.25) is 9.59 Å². The van der Waals surface area contributed by atoms with Gasteiger partial charge < -0.3 is 29.5 Å². The summed E-state index contributed by atoms with van der Waals surface area (Å²) in [4.78, 5) is 37.0. The highest BCUT2D eigenvalue weighted by atomic mass is 16.7. The molecular weight excluding hydrogens is 396 g/mol. The van der Waals surface area contributed by atoms with Crippen molar-refractivity contribution in [2.24, 2.45) is 11.8 Å². The predicted molar refractivity (Wildman–Crippen MR) is 99.3 cm³/mol. The molecule has 0 amide bonds. The number of hydrogen-bond acceptors (Lipinski definition) is 8. The van der Waals surface area contributed by atoms with Crippen LogP contribution in [0.1, 0.15) is 36.5 Å². The Hall–Kier alpha value is -2.33. The minimum Gasteiger partial charge on any atom is -0.481 e. The highest BCUT2D eigenvalue weighted by Gasteiger charge is 2.70. The van der Waals surface area contributed by atoms with Crippen LogP contribution < -0.4 is 0 Å². The van der Waals surface area contributed by atoms with E-state index in [1.54, 1.807) is 37.3 Å². The number of ketones is 1. The molecule has 0 aromatic heterocycles. The predicted octanol–water partition coefficient (Wildman–Crippen LogP) is 0.519. The number of Topliss-reactive ketones (excluding diaryl/α,β-unsaturated/α-hetero) is 1. The maximum Gasteiger partial charge on any atom is 0.338 e. The van der Waals surface area contributed by atoms with Gasteiger partial charge in [0, 0.05) is 12.3 Å². The van der Waals surface area contributed by atoms with Crippen molar-refractivity contribution in [3.63, 3.8) is 0 Å². The topological polar surface area (TPSA) is 140 Å². The van der Waals surface area contributed by atoms with Crippen molar-refractivity contribution < 1.29 is 43.9 Å². The molecule has 9 heteroatoms. The third kappa shape index (κ3) is 3.22. The van der Waals surface area contributed by atoms with E-state index >= 15 is 0 Å². The Morgan fingerprint density at radius 3 is 2.57 bits per heavy atom. The van der Waals surface area contributed by atoms with Gasteiger partial charge in [0.15, 0.2) is 5.60 Å². The molecular formula is C21H24O9. The molecule has 0 unspecified atom stereocenters. The summed E-state index contributed by atoms with van der Waals surface area (Å²) in [6, 6.07) is 8.40. The van der Waals surface area contributed by atoms with Gasteiger partial charge in [-0.15, -0.1) is 0 Å². The van der Waals surface area contributed by atoms with E-state index in [4.69, 9.17) is 14.2 Å². The van der Waals surface area contributed by atoms with Crippen molar-refractivity contribution in [1.82, 2.24) is 0 Å². The van der Waals surface area contributed by atoms with E-state index in [1.807, 2.05) is 0 Å². The van der Waals surface area contributed by atoms with Crippen molar-refractivity contribution in [3.8, 4) is 0 Å². The average Bonchev–Trinajstić information content (AvgIpc) is 2.94. The van der Waals surface area contributed by atoms with E-state index in [9.17, 15) is 29.7 Å². The van der Waals surface area contributed by atoms with Crippen molar-refractivity contribution in [1.29, 1.82) is 0 Å². The van der Waals surface area contributed by atoms with E-state index < -0.39 is 53.3 Å². The Morgan fingerprint density at radius 1 is 1.20 bits per heavy atom. The number of ether oxygens (including phenoxy) is 3. The lowest BCUT2D eigenvalue weighted by atomic mass is 9.72. The summed E-state index contributed by atoms with van der Waals surface area (Å²) < 4.78 is 17.1. The molecule has 9 nitrogen and oxygen atoms in total. The first-order chi connectivity index (χ1) is 14.2. The van der Waals surface area contributed by atoms with Gasteiger partial charge in [-0.05, 0) is 25.0 Å². The molecule has 2 heterocycles. The van der Waals surface area contributed by atoms with E-state index in [2.05, 4.69) is 0 Å². The summed E-state index contributed by atoms with van der Waals surface area (Å²) >= 11 is 0. The van der Waals surface area contributed by atoms with Gasteiger partial charge in [0.2, 0.25) is 11.6 Å². The number of rotatable bonds is 3. The quantitative estimate of drug-likeness (QED) is 0.597.